The summed E-state index contributed by atoms with van der Waals surface area (Å²) >= 11 is 0. The summed E-state index contributed by atoms with van der Waals surface area (Å²) < 4.78 is 2.15. The lowest BCUT2D eigenvalue weighted by atomic mass is 9.77. The average molecular weight is 241 g/mol. The van der Waals surface area contributed by atoms with Crippen molar-refractivity contribution in [1.82, 2.24) is 9.38 Å². The van der Waals surface area contributed by atoms with Gasteiger partial charge in [-0.05, 0) is 29.6 Å². The van der Waals surface area contributed by atoms with Gasteiger partial charge in [-0.2, -0.15) is 0 Å². The quantitative estimate of drug-likeness (QED) is 0.747. The minimum atomic E-state index is 0.525. The highest BCUT2D eigenvalue weighted by molar-refractivity contribution is 6.51. The molecule has 1 heterocycles. The zero-order chi connectivity index (χ0) is 13.3. The van der Waals surface area contributed by atoms with Crippen LogP contribution < -0.4 is 5.46 Å². The molecular weight excluding hydrogens is 219 g/mol. The summed E-state index contributed by atoms with van der Waals surface area (Å²) in [5, 5.41) is 1.30. The zero-order valence-corrected chi connectivity index (χ0v) is 12.0. The molecule has 0 saturated heterocycles. The second kappa shape index (κ2) is 5.19. The SMILES string of the molecule is CC(C)N([B]c1ccc2c(ccn2C)c1)C(C)C. The summed E-state index contributed by atoms with van der Waals surface area (Å²) in [4.78, 5) is 2.39. The van der Waals surface area contributed by atoms with E-state index in [1.165, 1.54) is 16.4 Å². The lowest BCUT2D eigenvalue weighted by Crippen LogP contribution is -2.45. The van der Waals surface area contributed by atoms with Crippen molar-refractivity contribution < 1.29 is 0 Å². The summed E-state index contributed by atoms with van der Waals surface area (Å²) in [5.74, 6) is 0. The molecule has 0 amide bonds. The highest BCUT2D eigenvalue weighted by atomic mass is 15.1. The first kappa shape index (κ1) is 13.2. The largest absolute Gasteiger partial charge is 0.351 e. The van der Waals surface area contributed by atoms with E-state index in [0.29, 0.717) is 12.1 Å². The Hall–Kier alpha value is -1.22. The minimum Gasteiger partial charge on any atom is -0.351 e. The van der Waals surface area contributed by atoms with Crippen LogP contribution in [-0.2, 0) is 7.05 Å². The van der Waals surface area contributed by atoms with E-state index < -0.39 is 0 Å². The molecule has 1 aromatic carbocycles. The predicted molar refractivity (Wildman–Crippen MR) is 80.4 cm³/mol. The van der Waals surface area contributed by atoms with Gasteiger partial charge in [-0.25, -0.2) is 0 Å². The molecule has 0 bridgehead atoms. The molecule has 0 unspecified atom stereocenters. The Labute approximate surface area is 111 Å². The first-order valence-corrected chi connectivity index (χ1v) is 6.66. The summed E-state index contributed by atoms with van der Waals surface area (Å²) in [6, 6.07) is 9.86. The lowest BCUT2D eigenvalue weighted by Gasteiger charge is -2.30. The van der Waals surface area contributed by atoms with Crippen LogP contribution in [0.4, 0.5) is 0 Å². The van der Waals surface area contributed by atoms with Crippen LogP contribution in [0, 0.1) is 0 Å². The molecule has 1 aromatic heterocycles. The monoisotopic (exact) mass is 241 g/mol. The van der Waals surface area contributed by atoms with Crippen molar-refractivity contribution in [3.63, 3.8) is 0 Å². The Morgan fingerprint density at radius 3 is 2.33 bits per heavy atom. The maximum Gasteiger partial charge on any atom is 0.248 e. The van der Waals surface area contributed by atoms with Crippen molar-refractivity contribution in [3.05, 3.63) is 30.5 Å². The number of aryl methyl sites for hydroxylation is 1. The number of hydrogen-bond donors (Lipinski definition) is 0. The van der Waals surface area contributed by atoms with Gasteiger partial charge in [0.25, 0.3) is 0 Å². The predicted octanol–water partition coefficient (Wildman–Crippen LogP) is 2.54. The molecule has 0 aliphatic carbocycles. The molecule has 0 N–H and O–H groups in total. The zero-order valence-electron chi connectivity index (χ0n) is 12.0. The Morgan fingerprint density at radius 2 is 1.72 bits per heavy atom. The normalized spacial score (nSPS) is 12.0. The van der Waals surface area contributed by atoms with Crippen LogP contribution in [-0.4, -0.2) is 28.9 Å². The summed E-state index contributed by atoms with van der Waals surface area (Å²) in [7, 11) is 4.35. The van der Waals surface area contributed by atoms with E-state index in [4.69, 9.17) is 0 Å². The van der Waals surface area contributed by atoms with Crippen LogP contribution in [0.3, 0.4) is 0 Å². The van der Waals surface area contributed by atoms with Crippen LogP contribution in [0.1, 0.15) is 27.7 Å². The van der Waals surface area contributed by atoms with Crippen LogP contribution in [0.15, 0.2) is 30.5 Å². The van der Waals surface area contributed by atoms with Crippen LogP contribution in [0.25, 0.3) is 10.9 Å². The minimum absolute atomic E-state index is 0.525. The van der Waals surface area contributed by atoms with E-state index in [1.807, 2.05) is 0 Å². The topological polar surface area (TPSA) is 8.17 Å². The number of benzene rings is 1. The molecular formula is C15H22BN2. The highest BCUT2D eigenvalue weighted by Gasteiger charge is 2.15. The molecule has 0 fully saturated rings. The highest BCUT2D eigenvalue weighted by Crippen LogP contribution is 2.12. The third-order valence-electron chi connectivity index (χ3n) is 3.40. The standard InChI is InChI=1S/C15H22BN2/c1-11(2)18(12(3)4)16-14-6-7-15-13(10-14)8-9-17(15)5/h6-12H,1-5H3. The van der Waals surface area contributed by atoms with E-state index in [-0.39, 0.29) is 0 Å². The van der Waals surface area contributed by atoms with Gasteiger partial charge in [0.1, 0.15) is 0 Å². The van der Waals surface area contributed by atoms with E-state index in [0.717, 1.165) is 0 Å². The Bertz CT molecular complexity index is 520. The molecule has 0 atom stereocenters. The van der Waals surface area contributed by atoms with Gasteiger partial charge in [-0.3, -0.25) is 0 Å². The number of nitrogens with zero attached hydrogens (tertiary/aromatic N) is 2. The van der Waals surface area contributed by atoms with Crippen molar-refractivity contribution in [2.24, 2.45) is 7.05 Å². The van der Waals surface area contributed by atoms with Crippen molar-refractivity contribution in [2.45, 2.75) is 39.8 Å². The van der Waals surface area contributed by atoms with Crippen molar-refractivity contribution in [1.29, 1.82) is 0 Å². The lowest BCUT2D eigenvalue weighted by molar-refractivity contribution is 0.315. The summed E-state index contributed by atoms with van der Waals surface area (Å²) in [6.07, 6.45) is 2.11. The van der Waals surface area contributed by atoms with Gasteiger partial charge >= 0.3 is 0 Å². The van der Waals surface area contributed by atoms with Gasteiger partial charge < -0.3 is 9.38 Å². The molecule has 2 rings (SSSR count). The third-order valence-corrected chi connectivity index (χ3v) is 3.40. The Balaban J connectivity index is 2.25. The molecule has 1 radical (unpaired) electrons. The number of fused-ring (bicyclic) bond motifs is 1. The first-order chi connectivity index (χ1) is 8.49. The maximum atomic E-state index is 2.39. The number of rotatable bonds is 4. The Kier molecular flexibility index (Phi) is 3.81. The fourth-order valence-electron chi connectivity index (χ4n) is 2.45. The molecule has 95 valence electrons. The van der Waals surface area contributed by atoms with Gasteiger partial charge in [0.15, 0.2) is 0 Å². The van der Waals surface area contributed by atoms with Gasteiger partial charge in [0.2, 0.25) is 7.41 Å². The second-order valence-corrected chi connectivity index (χ2v) is 5.51. The van der Waals surface area contributed by atoms with Crippen LogP contribution in [0.5, 0.6) is 0 Å². The van der Waals surface area contributed by atoms with Crippen LogP contribution in [0.2, 0.25) is 0 Å². The van der Waals surface area contributed by atoms with Gasteiger partial charge in [0, 0.05) is 18.8 Å². The summed E-state index contributed by atoms with van der Waals surface area (Å²) in [5.41, 5.74) is 2.56. The molecule has 3 heteroatoms. The molecule has 0 aliphatic heterocycles. The molecule has 18 heavy (non-hydrogen) atoms. The average Bonchev–Trinajstić information content (AvgIpc) is 2.67. The first-order valence-electron chi connectivity index (χ1n) is 6.66. The molecule has 2 nitrogen and oxygen atoms in total. The van der Waals surface area contributed by atoms with Crippen molar-refractivity contribution in [2.75, 3.05) is 0 Å². The van der Waals surface area contributed by atoms with Crippen molar-refractivity contribution in [3.8, 4) is 0 Å². The van der Waals surface area contributed by atoms with E-state index >= 15 is 0 Å². The van der Waals surface area contributed by atoms with E-state index in [9.17, 15) is 0 Å². The fourth-order valence-corrected chi connectivity index (χ4v) is 2.45. The number of hydrogen-bond acceptors (Lipinski definition) is 1. The smallest absolute Gasteiger partial charge is 0.248 e. The third kappa shape index (κ3) is 2.61. The maximum absolute atomic E-state index is 2.39. The van der Waals surface area contributed by atoms with Crippen molar-refractivity contribution >= 4 is 23.8 Å². The van der Waals surface area contributed by atoms with Gasteiger partial charge in [0.05, 0.1) is 0 Å². The molecule has 0 aliphatic rings. The number of aromatic nitrogens is 1. The molecule has 0 saturated carbocycles. The second-order valence-electron chi connectivity index (χ2n) is 5.51. The molecule has 0 spiro atoms. The Morgan fingerprint density at radius 1 is 1.06 bits per heavy atom. The van der Waals surface area contributed by atoms with Gasteiger partial charge in [-0.1, -0.05) is 45.3 Å². The van der Waals surface area contributed by atoms with Gasteiger partial charge in [-0.15, -0.1) is 0 Å². The van der Waals surface area contributed by atoms with E-state index in [1.54, 1.807) is 0 Å². The van der Waals surface area contributed by atoms with E-state index in [2.05, 4.69) is 82.0 Å². The van der Waals surface area contributed by atoms with Crippen LogP contribution >= 0.6 is 0 Å². The summed E-state index contributed by atoms with van der Waals surface area (Å²) in [6.45, 7) is 8.93. The fraction of sp³-hybridized carbons (Fsp3) is 0.467. The molecule has 2 aromatic rings.